The third-order valence-electron chi connectivity index (χ3n) is 3.60. The summed E-state index contributed by atoms with van der Waals surface area (Å²) in [7, 11) is -1.60. The minimum Gasteiger partial charge on any atom is -0.481 e. The van der Waals surface area contributed by atoms with Crippen LogP contribution >= 0.6 is 0 Å². The van der Waals surface area contributed by atoms with Gasteiger partial charge in [0.25, 0.3) is 0 Å². The van der Waals surface area contributed by atoms with Crippen LogP contribution in [-0.2, 0) is 13.6 Å². The number of anilines is 1. The van der Waals surface area contributed by atoms with E-state index in [0.29, 0.717) is 6.54 Å². The summed E-state index contributed by atoms with van der Waals surface area (Å²) >= 11 is 0. The largest absolute Gasteiger partial charge is 0.481 e. The van der Waals surface area contributed by atoms with E-state index < -0.39 is 15.3 Å². The standard InChI is InChI=1S/C18H31NO4Si/c1-3-14-22-24(23-15-4-2)16-8-12-19(13-11-18(20)21)17-9-6-5-7-10-17/h5-7,9-10,24H,3-4,8,11-16H2,1-2H3,(H,20,21). The molecule has 0 atom stereocenters. The average molecular weight is 354 g/mol. The van der Waals surface area contributed by atoms with Gasteiger partial charge in [0.1, 0.15) is 0 Å². The first-order valence-corrected chi connectivity index (χ1v) is 10.7. The van der Waals surface area contributed by atoms with Crippen LogP contribution in [0.25, 0.3) is 0 Å². The Hall–Kier alpha value is -1.37. The summed E-state index contributed by atoms with van der Waals surface area (Å²) in [4.78, 5) is 13.0. The van der Waals surface area contributed by atoms with Crippen molar-refractivity contribution in [3.05, 3.63) is 30.3 Å². The molecule has 0 aliphatic carbocycles. The second-order valence-corrected chi connectivity index (χ2v) is 7.88. The van der Waals surface area contributed by atoms with Crippen LogP contribution in [-0.4, -0.2) is 46.7 Å². The number of carbonyl (C=O) groups is 1. The van der Waals surface area contributed by atoms with E-state index in [-0.39, 0.29) is 6.42 Å². The van der Waals surface area contributed by atoms with Gasteiger partial charge >= 0.3 is 15.3 Å². The van der Waals surface area contributed by atoms with Crippen LogP contribution in [0.2, 0.25) is 6.04 Å². The number of benzene rings is 1. The molecule has 24 heavy (non-hydrogen) atoms. The molecule has 5 nitrogen and oxygen atoms in total. The summed E-state index contributed by atoms with van der Waals surface area (Å²) in [6.45, 7) is 7.09. The van der Waals surface area contributed by atoms with Crippen molar-refractivity contribution in [2.45, 2.75) is 45.6 Å². The number of hydrogen-bond donors (Lipinski definition) is 1. The maximum atomic E-state index is 10.9. The lowest BCUT2D eigenvalue weighted by Crippen LogP contribution is -2.30. The molecule has 0 heterocycles. The van der Waals surface area contributed by atoms with Crippen molar-refractivity contribution >= 4 is 20.9 Å². The van der Waals surface area contributed by atoms with Crippen molar-refractivity contribution in [2.24, 2.45) is 0 Å². The molecule has 1 aromatic carbocycles. The van der Waals surface area contributed by atoms with Crippen molar-refractivity contribution in [1.82, 2.24) is 0 Å². The van der Waals surface area contributed by atoms with Gasteiger partial charge in [-0.2, -0.15) is 0 Å². The van der Waals surface area contributed by atoms with E-state index in [1.807, 2.05) is 30.3 Å². The first kappa shape index (κ1) is 20.7. The molecule has 136 valence electrons. The van der Waals surface area contributed by atoms with Crippen LogP contribution in [0.3, 0.4) is 0 Å². The smallest absolute Gasteiger partial charge is 0.321 e. The van der Waals surface area contributed by atoms with E-state index >= 15 is 0 Å². The zero-order valence-electron chi connectivity index (χ0n) is 14.9. The number of carboxylic acids is 1. The molecule has 0 bridgehead atoms. The quantitative estimate of drug-likeness (QED) is 0.519. The molecular formula is C18H31NO4Si. The highest BCUT2D eigenvalue weighted by Crippen LogP contribution is 2.15. The van der Waals surface area contributed by atoms with Gasteiger partial charge in [0.2, 0.25) is 0 Å². The summed E-state index contributed by atoms with van der Waals surface area (Å²) in [5.41, 5.74) is 1.07. The van der Waals surface area contributed by atoms with Crippen LogP contribution < -0.4 is 4.90 Å². The van der Waals surface area contributed by atoms with Gasteiger partial charge in [-0.25, -0.2) is 0 Å². The average Bonchev–Trinajstić information content (AvgIpc) is 2.60. The van der Waals surface area contributed by atoms with Gasteiger partial charge in [-0.1, -0.05) is 32.0 Å². The van der Waals surface area contributed by atoms with E-state index in [0.717, 1.165) is 50.8 Å². The van der Waals surface area contributed by atoms with E-state index in [2.05, 4.69) is 18.7 Å². The molecule has 0 aromatic heterocycles. The van der Waals surface area contributed by atoms with E-state index in [9.17, 15) is 4.79 Å². The Labute approximate surface area is 147 Å². The van der Waals surface area contributed by atoms with Crippen molar-refractivity contribution in [2.75, 3.05) is 31.2 Å². The Balaban J connectivity index is 2.51. The van der Waals surface area contributed by atoms with Crippen LogP contribution in [0.5, 0.6) is 0 Å². The van der Waals surface area contributed by atoms with Crippen molar-refractivity contribution in [3.63, 3.8) is 0 Å². The summed E-state index contributed by atoms with van der Waals surface area (Å²) in [5, 5.41) is 8.96. The van der Waals surface area contributed by atoms with Gasteiger partial charge in [0, 0.05) is 32.0 Å². The Morgan fingerprint density at radius 1 is 1.08 bits per heavy atom. The summed E-state index contributed by atoms with van der Waals surface area (Å²) in [5.74, 6) is -0.763. The zero-order valence-corrected chi connectivity index (χ0v) is 16.1. The van der Waals surface area contributed by atoms with Crippen molar-refractivity contribution < 1.29 is 18.8 Å². The lowest BCUT2D eigenvalue weighted by Gasteiger charge is -2.25. The minimum atomic E-state index is -1.60. The predicted molar refractivity (Wildman–Crippen MR) is 100.0 cm³/mol. The Morgan fingerprint density at radius 3 is 2.25 bits per heavy atom. The maximum Gasteiger partial charge on any atom is 0.321 e. The normalized spacial score (nSPS) is 11.0. The summed E-state index contributed by atoms with van der Waals surface area (Å²) in [6.07, 6.45) is 3.12. The Kier molecular flexibility index (Phi) is 11.2. The van der Waals surface area contributed by atoms with Gasteiger partial charge in [0.05, 0.1) is 6.42 Å². The molecule has 1 aromatic rings. The number of hydrogen-bond acceptors (Lipinski definition) is 4. The SMILES string of the molecule is CCCO[SiH](CCCN(CCC(=O)O)c1ccccc1)OCCC. The first-order valence-electron chi connectivity index (χ1n) is 8.92. The van der Waals surface area contributed by atoms with Crippen LogP contribution in [0.4, 0.5) is 5.69 Å². The van der Waals surface area contributed by atoms with E-state index in [1.54, 1.807) is 0 Å². The van der Waals surface area contributed by atoms with Crippen LogP contribution in [0.15, 0.2) is 30.3 Å². The summed E-state index contributed by atoms with van der Waals surface area (Å²) in [6, 6.07) is 10.9. The number of rotatable bonds is 14. The molecule has 0 fully saturated rings. The van der Waals surface area contributed by atoms with Gasteiger partial charge in [-0.05, 0) is 37.4 Å². The lowest BCUT2D eigenvalue weighted by atomic mass is 10.2. The Bertz CT molecular complexity index is 436. The van der Waals surface area contributed by atoms with E-state index in [4.69, 9.17) is 14.0 Å². The van der Waals surface area contributed by atoms with Crippen molar-refractivity contribution in [3.8, 4) is 0 Å². The molecular weight excluding hydrogens is 322 g/mol. The fourth-order valence-electron chi connectivity index (χ4n) is 2.40. The fourth-order valence-corrected chi connectivity index (χ4v) is 4.34. The van der Waals surface area contributed by atoms with Crippen molar-refractivity contribution in [1.29, 1.82) is 0 Å². The second kappa shape index (κ2) is 13.0. The van der Waals surface area contributed by atoms with Crippen LogP contribution in [0, 0.1) is 0 Å². The highest BCUT2D eigenvalue weighted by atomic mass is 28.3. The van der Waals surface area contributed by atoms with Gasteiger partial charge in [-0.3, -0.25) is 4.79 Å². The fraction of sp³-hybridized carbons (Fsp3) is 0.611. The number of aliphatic carboxylic acids is 1. The number of para-hydroxylation sites is 1. The molecule has 0 saturated heterocycles. The molecule has 1 N–H and O–H groups in total. The minimum absolute atomic E-state index is 0.147. The zero-order chi connectivity index (χ0) is 17.6. The molecule has 0 spiro atoms. The molecule has 0 saturated carbocycles. The Morgan fingerprint density at radius 2 is 1.71 bits per heavy atom. The topological polar surface area (TPSA) is 59.0 Å². The highest BCUT2D eigenvalue weighted by Gasteiger charge is 2.15. The molecule has 0 amide bonds. The molecule has 0 aliphatic rings. The number of nitrogens with zero attached hydrogens (tertiary/aromatic N) is 1. The highest BCUT2D eigenvalue weighted by molar-refractivity contribution is 6.44. The third-order valence-corrected chi connectivity index (χ3v) is 5.70. The maximum absolute atomic E-state index is 10.9. The van der Waals surface area contributed by atoms with Gasteiger partial charge in [0.15, 0.2) is 0 Å². The van der Waals surface area contributed by atoms with Crippen LogP contribution in [0.1, 0.15) is 39.5 Å². The van der Waals surface area contributed by atoms with E-state index in [1.165, 1.54) is 0 Å². The lowest BCUT2D eigenvalue weighted by molar-refractivity contribution is -0.136. The monoisotopic (exact) mass is 353 g/mol. The second-order valence-electron chi connectivity index (χ2n) is 5.78. The molecule has 0 radical (unpaired) electrons. The third kappa shape index (κ3) is 9.05. The summed E-state index contributed by atoms with van der Waals surface area (Å²) < 4.78 is 11.8. The first-order chi connectivity index (χ1) is 11.7. The predicted octanol–water partition coefficient (Wildman–Crippen LogP) is 3.43. The molecule has 6 heteroatoms. The molecule has 1 rings (SSSR count). The molecule has 0 aliphatic heterocycles. The number of carboxylic acid groups (broad SMARTS) is 1. The van der Waals surface area contributed by atoms with Gasteiger partial charge in [-0.15, -0.1) is 0 Å². The molecule has 0 unspecified atom stereocenters. The van der Waals surface area contributed by atoms with Gasteiger partial charge < -0.3 is 18.9 Å².